The van der Waals surface area contributed by atoms with E-state index in [0.29, 0.717) is 18.7 Å². The molecule has 0 aliphatic heterocycles. The number of aryl methyl sites for hydroxylation is 1. The molecule has 8 heteroatoms. The minimum atomic E-state index is -4.04. The van der Waals surface area contributed by atoms with Crippen LogP contribution in [0.25, 0.3) is 0 Å². The Morgan fingerprint density at radius 3 is 2.46 bits per heavy atom. The van der Waals surface area contributed by atoms with Crippen molar-refractivity contribution in [1.82, 2.24) is 10.2 Å². The maximum absolute atomic E-state index is 12.6. The average Bonchev–Trinajstić information content (AvgIpc) is 3.45. The molecule has 0 spiro atoms. The Labute approximate surface area is 170 Å². The van der Waals surface area contributed by atoms with Crippen LogP contribution in [0, 0.1) is 6.92 Å². The fourth-order valence-corrected chi connectivity index (χ4v) is 4.68. The number of hydrogen-bond acceptors (Lipinski definition) is 4. The van der Waals surface area contributed by atoms with E-state index in [-0.39, 0.29) is 27.7 Å². The van der Waals surface area contributed by atoms with Crippen LogP contribution in [0.2, 0.25) is 5.02 Å². The minimum absolute atomic E-state index is 0.0307. The standard InChI is InChI=1S/C20H23ClN2O4S/c1-3-22-20(24)23(16-9-10-16)13-15-7-11-17(12-8-15)27-28(25,26)19-14(2)5-4-6-18(19)21/h4-8,11-12,16H,3,9-10,13H2,1-2H3,(H,22,24). The van der Waals surface area contributed by atoms with Crippen molar-refractivity contribution >= 4 is 27.8 Å². The molecule has 150 valence electrons. The molecule has 0 radical (unpaired) electrons. The van der Waals surface area contributed by atoms with Gasteiger partial charge in [0.25, 0.3) is 0 Å². The summed E-state index contributed by atoms with van der Waals surface area (Å²) in [4.78, 5) is 14.0. The highest BCUT2D eigenvalue weighted by molar-refractivity contribution is 7.87. The molecule has 0 heterocycles. The zero-order valence-corrected chi connectivity index (χ0v) is 17.4. The van der Waals surface area contributed by atoms with Gasteiger partial charge in [-0.15, -0.1) is 0 Å². The summed E-state index contributed by atoms with van der Waals surface area (Å²) in [6.07, 6.45) is 2.02. The highest BCUT2D eigenvalue weighted by Gasteiger charge is 2.32. The summed E-state index contributed by atoms with van der Waals surface area (Å²) in [6.45, 7) is 4.59. The molecular formula is C20H23ClN2O4S. The molecular weight excluding hydrogens is 400 g/mol. The van der Waals surface area contributed by atoms with Crippen molar-refractivity contribution in [2.24, 2.45) is 0 Å². The van der Waals surface area contributed by atoms with E-state index in [1.165, 1.54) is 6.07 Å². The number of rotatable bonds is 7. The third-order valence-electron chi connectivity index (χ3n) is 4.47. The first-order valence-electron chi connectivity index (χ1n) is 9.15. The third kappa shape index (κ3) is 4.77. The number of benzene rings is 2. The molecule has 0 saturated heterocycles. The lowest BCUT2D eigenvalue weighted by Crippen LogP contribution is -2.40. The summed E-state index contributed by atoms with van der Waals surface area (Å²) in [5.41, 5.74) is 1.42. The molecule has 2 aromatic rings. The zero-order chi connectivity index (χ0) is 20.3. The highest BCUT2D eigenvalue weighted by Crippen LogP contribution is 2.30. The van der Waals surface area contributed by atoms with Gasteiger partial charge in [-0.1, -0.05) is 35.9 Å². The number of carbonyl (C=O) groups excluding carboxylic acids is 1. The van der Waals surface area contributed by atoms with Crippen LogP contribution in [0.1, 0.15) is 30.9 Å². The van der Waals surface area contributed by atoms with Crippen LogP contribution in [0.15, 0.2) is 47.4 Å². The molecule has 1 aliphatic rings. The Balaban J connectivity index is 1.73. The highest BCUT2D eigenvalue weighted by atomic mass is 35.5. The van der Waals surface area contributed by atoms with Gasteiger partial charge in [-0.3, -0.25) is 0 Å². The van der Waals surface area contributed by atoms with E-state index in [1.54, 1.807) is 43.3 Å². The summed E-state index contributed by atoms with van der Waals surface area (Å²) >= 11 is 6.05. The molecule has 2 amide bonds. The van der Waals surface area contributed by atoms with Gasteiger partial charge in [0.1, 0.15) is 10.6 Å². The molecule has 28 heavy (non-hydrogen) atoms. The lowest BCUT2D eigenvalue weighted by atomic mass is 10.2. The van der Waals surface area contributed by atoms with E-state index in [0.717, 1.165) is 18.4 Å². The first kappa shape index (κ1) is 20.5. The maximum Gasteiger partial charge on any atom is 0.340 e. The summed E-state index contributed by atoms with van der Waals surface area (Å²) < 4.78 is 30.4. The lowest BCUT2D eigenvalue weighted by Gasteiger charge is -2.22. The van der Waals surface area contributed by atoms with Crippen molar-refractivity contribution in [3.8, 4) is 5.75 Å². The van der Waals surface area contributed by atoms with Gasteiger partial charge in [-0.25, -0.2) is 4.79 Å². The van der Waals surface area contributed by atoms with Gasteiger partial charge >= 0.3 is 16.1 Å². The fourth-order valence-electron chi connectivity index (χ4n) is 2.95. The molecule has 1 N–H and O–H groups in total. The molecule has 0 atom stereocenters. The Bertz CT molecular complexity index is 936. The van der Waals surface area contributed by atoms with Gasteiger partial charge in [0.05, 0.1) is 5.02 Å². The van der Waals surface area contributed by atoms with E-state index < -0.39 is 10.1 Å². The number of nitrogens with zero attached hydrogens (tertiary/aromatic N) is 1. The first-order valence-corrected chi connectivity index (χ1v) is 10.9. The van der Waals surface area contributed by atoms with Crippen molar-refractivity contribution < 1.29 is 17.4 Å². The predicted molar refractivity (Wildman–Crippen MR) is 108 cm³/mol. The van der Waals surface area contributed by atoms with Crippen LogP contribution in [0.4, 0.5) is 4.79 Å². The van der Waals surface area contributed by atoms with Crippen molar-refractivity contribution in [1.29, 1.82) is 0 Å². The molecule has 1 aliphatic carbocycles. The number of carbonyl (C=O) groups is 1. The number of hydrogen-bond donors (Lipinski definition) is 1. The summed E-state index contributed by atoms with van der Waals surface area (Å²) in [6, 6.07) is 11.8. The van der Waals surface area contributed by atoms with Crippen molar-refractivity contribution in [3.63, 3.8) is 0 Å². The largest absolute Gasteiger partial charge is 0.379 e. The lowest BCUT2D eigenvalue weighted by molar-refractivity contribution is 0.192. The summed E-state index contributed by atoms with van der Waals surface area (Å²) in [5.74, 6) is 0.194. The third-order valence-corrected chi connectivity index (χ3v) is 6.35. The molecule has 1 fully saturated rings. The molecule has 3 rings (SSSR count). The Morgan fingerprint density at radius 2 is 1.89 bits per heavy atom. The van der Waals surface area contributed by atoms with Gasteiger partial charge < -0.3 is 14.4 Å². The van der Waals surface area contributed by atoms with Crippen LogP contribution >= 0.6 is 11.6 Å². The number of amides is 2. The second-order valence-corrected chi connectivity index (χ2v) is 8.65. The maximum atomic E-state index is 12.6. The van der Waals surface area contributed by atoms with Crippen LogP contribution in [0.5, 0.6) is 5.75 Å². The Morgan fingerprint density at radius 1 is 1.21 bits per heavy atom. The molecule has 1 saturated carbocycles. The summed E-state index contributed by atoms with van der Waals surface area (Å²) in [7, 11) is -4.04. The Kier molecular flexibility index (Phi) is 6.15. The topological polar surface area (TPSA) is 75.7 Å². The van der Waals surface area contributed by atoms with Gasteiger partial charge in [0, 0.05) is 19.1 Å². The molecule has 0 bridgehead atoms. The van der Waals surface area contributed by atoms with Crippen molar-refractivity contribution in [2.75, 3.05) is 6.54 Å². The second-order valence-electron chi connectivity index (χ2n) is 6.76. The number of halogens is 1. The van der Waals surface area contributed by atoms with E-state index in [1.807, 2.05) is 11.8 Å². The quantitative estimate of drug-likeness (QED) is 0.681. The van der Waals surface area contributed by atoms with Gasteiger partial charge in [-0.2, -0.15) is 8.42 Å². The monoisotopic (exact) mass is 422 g/mol. The SMILES string of the molecule is CCNC(=O)N(Cc1ccc(OS(=O)(=O)c2c(C)cccc2Cl)cc1)C1CC1. The zero-order valence-electron chi connectivity index (χ0n) is 15.8. The molecule has 6 nitrogen and oxygen atoms in total. The van der Waals surface area contributed by atoms with Crippen LogP contribution in [-0.2, 0) is 16.7 Å². The Hall–Kier alpha value is -2.25. The molecule has 0 aromatic heterocycles. The van der Waals surface area contributed by atoms with Crippen LogP contribution in [-0.4, -0.2) is 31.9 Å². The number of nitrogens with one attached hydrogen (secondary N) is 1. The number of urea groups is 1. The van der Waals surface area contributed by atoms with Gasteiger partial charge in [-0.05, 0) is 56.0 Å². The van der Waals surface area contributed by atoms with Gasteiger partial charge in [0.15, 0.2) is 0 Å². The molecule has 2 aromatic carbocycles. The minimum Gasteiger partial charge on any atom is -0.379 e. The van der Waals surface area contributed by atoms with E-state index in [4.69, 9.17) is 15.8 Å². The summed E-state index contributed by atoms with van der Waals surface area (Å²) in [5, 5.41) is 2.95. The average molecular weight is 423 g/mol. The normalized spacial score (nSPS) is 13.8. The van der Waals surface area contributed by atoms with Crippen LogP contribution < -0.4 is 9.50 Å². The molecule has 0 unspecified atom stereocenters. The predicted octanol–water partition coefficient (Wildman–Crippen LogP) is 4.11. The fraction of sp³-hybridized carbons (Fsp3) is 0.350. The second kappa shape index (κ2) is 8.41. The van der Waals surface area contributed by atoms with Crippen molar-refractivity contribution in [3.05, 3.63) is 58.6 Å². The van der Waals surface area contributed by atoms with Crippen LogP contribution in [0.3, 0.4) is 0 Å². The van der Waals surface area contributed by atoms with Gasteiger partial charge in [0.2, 0.25) is 0 Å². The van der Waals surface area contributed by atoms with Crippen molar-refractivity contribution in [2.45, 2.75) is 44.2 Å². The van der Waals surface area contributed by atoms with E-state index in [9.17, 15) is 13.2 Å². The first-order chi connectivity index (χ1) is 13.3. The smallest absolute Gasteiger partial charge is 0.340 e. The van der Waals surface area contributed by atoms with E-state index in [2.05, 4.69) is 5.32 Å². The van der Waals surface area contributed by atoms with E-state index >= 15 is 0 Å².